The van der Waals surface area contributed by atoms with Crippen molar-refractivity contribution in [2.24, 2.45) is 17.6 Å². The Labute approximate surface area is 138 Å². The monoisotopic (exact) mass is 376 g/mol. The summed E-state index contributed by atoms with van der Waals surface area (Å²) in [5.41, 5.74) is 6.07. The summed E-state index contributed by atoms with van der Waals surface area (Å²) in [6.45, 7) is 3.09. The van der Waals surface area contributed by atoms with Crippen LogP contribution in [-0.2, 0) is 0 Å². The van der Waals surface area contributed by atoms with E-state index in [1.54, 1.807) is 11.3 Å². The number of hydrogen-bond donors (Lipinski definition) is 1. The maximum atomic E-state index is 6.19. The Morgan fingerprint density at radius 2 is 2.10 bits per heavy atom. The van der Waals surface area contributed by atoms with Gasteiger partial charge in [-0.3, -0.25) is 4.90 Å². The van der Waals surface area contributed by atoms with E-state index < -0.39 is 0 Å². The molecule has 0 radical (unpaired) electrons. The van der Waals surface area contributed by atoms with Gasteiger partial charge < -0.3 is 5.73 Å². The van der Waals surface area contributed by atoms with Crippen LogP contribution < -0.4 is 5.73 Å². The molecule has 3 atom stereocenters. The number of nitrogens with zero attached hydrogens (tertiary/aromatic N) is 1. The standard InChI is InChI=1S/C15H22BrClN2S/c16-12-7-14(20-15(12)17)13(8-18)19-6-5-10-3-1-2-4-11(10)9-19/h7,10-11,13H,1-6,8-9,18H2. The molecule has 1 aliphatic heterocycles. The van der Waals surface area contributed by atoms with E-state index in [4.69, 9.17) is 17.3 Å². The molecular weight excluding hydrogens is 356 g/mol. The highest BCUT2D eigenvalue weighted by Crippen LogP contribution is 2.41. The topological polar surface area (TPSA) is 29.3 Å². The van der Waals surface area contributed by atoms with E-state index in [-0.39, 0.29) is 0 Å². The lowest BCUT2D eigenvalue weighted by molar-refractivity contribution is 0.0596. The minimum absolute atomic E-state index is 0.340. The van der Waals surface area contributed by atoms with Gasteiger partial charge in [-0.1, -0.05) is 30.9 Å². The molecule has 5 heteroatoms. The molecule has 3 unspecified atom stereocenters. The summed E-state index contributed by atoms with van der Waals surface area (Å²) in [5.74, 6) is 1.86. The Bertz CT molecular complexity index is 445. The van der Waals surface area contributed by atoms with E-state index in [1.807, 2.05) is 0 Å². The van der Waals surface area contributed by atoms with Gasteiger partial charge in [-0.25, -0.2) is 0 Å². The quantitative estimate of drug-likeness (QED) is 0.829. The smallest absolute Gasteiger partial charge is 0.107 e. The van der Waals surface area contributed by atoms with Crippen molar-refractivity contribution in [3.63, 3.8) is 0 Å². The van der Waals surface area contributed by atoms with Crippen molar-refractivity contribution in [1.82, 2.24) is 4.90 Å². The number of halogens is 2. The van der Waals surface area contributed by atoms with Crippen LogP contribution in [0.4, 0.5) is 0 Å². The second-order valence-corrected chi connectivity index (χ2v) is 8.65. The van der Waals surface area contributed by atoms with E-state index in [2.05, 4.69) is 26.9 Å². The maximum Gasteiger partial charge on any atom is 0.107 e. The number of likely N-dealkylation sites (tertiary alicyclic amines) is 1. The SMILES string of the molecule is NCC(c1cc(Br)c(Cl)s1)N1CCC2CCCCC2C1. The first kappa shape index (κ1) is 15.3. The molecule has 2 aliphatic rings. The normalized spacial score (nSPS) is 29.1. The van der Waals surface area contributed by atoms with Crippen LogP contribution in [-0.4, -0.2) is 24.5 Å². The van der Waals surface area contributed by atoms with Gasteiger partial charge in [0.25, 0.3) is 0 Å². The zero-order valence-electron chi connectivity index (χ0n) is 11.7. The van der Waals surface area contributed by atoms with Gasteiger partial charge in [0.05, 0.1) is 6.04 Å². The molecule has 0 spiro atoms. The molecule has 0 bridgehead atoms. The summed E-state index contributed by atoms with van der Waals surface area (Å²) >= 11 is 11.4. The fourth-order valence-corrected chi connectivity index (χ4v) is 5.77. The lowest BCUT2D eigenvalue weighted by Gasteiger charge is -2.44. The fraction of sp³-hybridized carbons (Fsp3) is 0.733. The lowest BCUT2D eigenvalue weighted by atomic mass is 9.75. The molecule has 0 amide bonds. The Balaban J connectivity index is 1.73. The Morgan fingerprint density at radius 1 is 1.35 bits per heavy atom. The maximum absolute atomic E-state index is 6.19. The van der Waals surface area contributed by atoms with Crippen molar-refractivity contribution in [1.29, 1.82) is 0 Å². The largest absolute Gasteiger partial charge is 0.329 e. The number of piperidine rings is 1. The third-order valence-corrected chi connectivity index (χ3v) is 7.56. The molecule has 1 saturated carbocycles. The Morgan fingerprint density at radius 3 is 2.75 bits per heavy atom. The minimum Gasteiger partial charge on any atom is -0.329 e. The second-order valence-electron chi connectivity index (χ2n) is 6.11. The van der Waals surface area contributed by atoms with Gasteiger partial charge in [0.1, 0.15) is 4.34 Å². The van der Waals surface area contributed by atoms with Crippen LogP contribution in [0.2, 0.25) is 4.34 Å². The van der Waals surface area contributed by atoms with Crippen LogP contribution in [0.15, 0.2) is 10.5 Å². The van der Waals surface area contributed by atoms with Crippen molar-refractivity contribution < 1.29 is 0 Å². The Hall–Kier alpha value is 0.390. The third-order valence-electron chi connectivity index (χ3n) is 4.98. The van der Waals surface area contributed by atoms with Crippen molar-refractivity contribution in [2.45, 2.75) is 38.1 Å². The van der Waals surface area contributed by atoms with E-state index in [1.165, 1.54) is 50.1 Å². The summed E-state index contributed by atoms with van der Waals surface area (Å²) in [7, 11) is 0. The van der Waals surface area contributed by atoms with Gasteiger partial charge in [0.2, 0.25) is 0 Å². The zero-order chi connectivity index (χ0) is 14.1. The predicted octanol–water partition coefficient (Wildman–Crippen LogP) is 4.68. The third kappa shape index (κ3) is 3.09. The molecule has 1 aromatic heterocycles. The molecule has 2 heterocycles. The van der Waals surface area contributed by atoms with E-state index >= 15 is 0 Å². The summed E-state index contributed by atoms with van der Waals surface area (Å²) in [6.07, 6.45) is 7.06. The molecule has 2 nitrogen and oxygen atoms in total. The number of nitrogens with two attached hydrogens (primary N) is 1. The molecule has 1 aliphatic carbocycles. The first-order chi connectivity index (χ1) is 9.69. The van der Waals surface area contributed by atoms with Crippen LogP contribution in [0.1, 0.15) is 43.0 Å². The zero-order valence-corrected chi connectivity index (χ0v) is 14.8. The van der Waals surface area contributed by atoms with E-state index in [0.29, 0.717) is 12.6 Å². The van der Waals surface area contributed by atoms with Crippen molar-refractivity contribution in [3.05, 3.63) is 19.8 Å². The van der Waals surface area contributed by atoms with Crippen LogP contribution in [0.5, 0.6) is 0 Å². The van der Waals surface area contributed by atoms with Gasteiger partial charge in [-0.05, 0) is 53.2 Å². The summed E-state index contributed by atoms with van der Waals surface area (Å²) in [5, 5.41) is 0. The molecule has 112 valence electrons. The molecule has 1 saturated heterocycles. The number of hydrogen-bond acceptors (Lipinski definition) is 3. The van der Waals surface area contributed by atoms with Gasteiger partial charge in [-0.15, -0.1) is 11.3 Å². The van der Waals surface area contributed by atoms with Gasteiger partial charge >= 0.3 is 0 Å². The van der Waals surface area contributed by atoms with Gasteiger partial charge in [0.15, 0.2) is 0 Å². The van der Waals surface area contributed by atoms with Crippen LogP contribution >= 0.6 is 38.9 Å². The summed E-state index contributed by atoms with van der Waals surface area (Å²) in [4.78, 5) is 3.90. The highest BCUT2D eigenvalue weighted by Gasteiger charge is 2.34. The molecule has 1 aromatic rings. The minimum atomic E-state index is 0.340. The first-order valence-corrected chi connectivity index (χ1v) is 9.56. The molecule has 0 aromatic carbocycles. The number of rotatable bonds is 3. The average molecular weight is 378 g/mol. The highest BCUT2D eigenvalue weighted by atomic mass is 79.9. The second kappa shape index (κ2) is 6.66. The molecular formula is C15H22BrClN2S. The molecule has 2 N–H and O–H groups in total. The summed E-state index contributed by atoms with van der Waals surface area (Å²) < 4.78 is 1.84. The van der Waals surface area contributed by atoms with Crippen molar-refractivity contribution >= 4 is 38.9 Å². The first-order valence-electron chi connectivity index (χ1n) is 7.58. The van der Waals surface area contributed by atoms with E-state index in [0.717, 1.165) is 20.6 Å². The Kier molecular flexibility index (Phi) is 5.09. The van der Waals surface area contributed by atoms with Crippen LogP contribution in [0.3, 0.4) is 0 Å². The summed E-state index contributed by atoms with van der Waals surface area (Å²) in [6, 6.07) is 2.49. The number of fused-ring (bicyclic) bond motifs is 1. The molecule has 3 rings (SSSR count). The molecule has 2 fully saturated rings. The lowest BCUT2D eigenvalue weighted by Crippen LogP contribution is -2.45. The fourth-order valence-electron chi connectivity index (χ4n) is 3.88. The van der Waals surface area contributed by atoms with Gasteiger partial charge in [0, 0.05) is 22.4 Å². The van der Waals surface area contributed by atoms with Crippen molar-refractivity contribution in [2.75, 3.05) is 19.6 Å². The van der Waals surface area contributed by atoms with Crippen LogP contribution in [0.25, 0.3) is 0 Å². The average Bonchev–Trinajstić information content (AvgIpc) is 2.79. The van der Waals surface area contributed by atoms with Crippen LogP contribution in [0, 0.1) is 11.8 Å². The van der Waals surface area contributed by atoms with Gasteiger partial charge in [-0.2, -0.15) is 0 Å². The number of thiophene rings is 1. The predicted molar refractivity (Wildman–Crippen MR) is 90.5 cm³/mol. The van der Waals surface area contributed by atoms with E-state index in [9.17, 15) is 0 Å². The molecule has 20 heavy (non-hydrogen) atoms. The van der Waals surface area contributed by atoms with Crippen molar-refractivity contribution in [3.8, 4) is 0 Å². The highest BCUT2D eigenvalue weighted by molar-refractivity contribution is 9.10.